The smallest absolute Gasteiger partial charge is 0.410 e. The maximum atomic E-state index is 14.2. The Labute approximate surface area is 317 Å². The highest BCUT2D eigenvalue weighted by Gasteiger charge is 2.30. The number of nitrogens with two attached hydrogens (primary N) is 1. The van der Waals surface area contributed by atoms with E-state index in [-0.39, 0.29) is 45.9 Å². The fourth-order valence-corrected chi connectivity index (χ4v) is 6.64. The first-order chi connectivity index (χ1) is 24.4. The summed E-state index contributed by atoms with van der Waals surface area (Å²) >= 11 is 13.5. The summed E-state index contributed by atoms with van der Waals surface area (Å²) in [6.45, 7) is 13.6. The number of ether oxygens (including phenoxy) is 4. The van der Waals surface area contributed by atoms with Crippen LogP contribution < -0.4 is 30.3 Å². The summed E-state index contributed by atoms with van der Waals surface area (Å²) in [5.41, 5.74) is 9.27. The standard InChI is InChI=1S/C36H49Cl2N7O6Si/c1-36(2,3)51-35(47)44-14-12-23(13-15-44)24-10-11-26(25(39)18-24)42-29-20-30(41-21-40-29)43(4)34(46)45(22-50-16-17-52(7,8)9)33-31(37)27(48-5)19-28(49-6)32(33)38/h10-12,18-21H,13-17,22,39H2,1-9H3,(H,40,41,42). The average molecular weight is 775 g/mol. The third-order valence-corrected chi connectivity index (χ3v) is 10.5. The van der Waals surface area contributed by atoms with Crippen molar-refractivity contribution in [1.29, 1.82) is 0 Å². The van der Waals surface area contributed by atoms with Crippen molar-refractivity contribution in [2.24, 2.45) is 0 Å². The van der Waals surface area contributed by atoms with E-state index < -0.39 is 19.7 Å². The zero-order valence-electron chi connectivity index (χ0n) is 31.3. The van der Waals surface area contributed by atoms with Gasteiger partial charge < -0.3 is 34.9 Å². The van der Waals surface area contributed by atoms with Crippen LogP contribution in [0.1, 0.15) is 32.8 Å². The number of aromatic nitrogens is 2. The van der Waals surface area contributed by atoms with Crippen LogP contribution in [0.15, 0.2) is 42.7 Å². The van der Waals surface area contributed by atoms with Gasteiger partial charge in [-0.15, -0.1) is 0 Å². The Morgan fingerprint density at radius 1 is 1.04 bits per heavy atom. The highest BCUT2D eigenvalue weighted by molar-refractivity contribution is 6.76. The van der Waals surface area contributed by atoms with Crippen molar-refractivity contribution < 1.29 is 28.5 Å². The maximum Gasteiger partial charge on any atom is 0.410 e. The molecule has 2 aromatic carbocycles. The molecule has 3 amide bonds. The van der Waals surface area contributed by atoms with E-state index in [0.717, 1.165) is 17.2 Å². The molecule has 2 heterocycles. The number of methoxy groups -OCH3 is 2. The van der Waals surface area contributed by atoms with Gasteiger partial charge in [0.05, 0.1) is 31.3 Å². The fourth-order valence-electron chi connectivity index (χ4n) is 5.17. The minimum absolute atomic E-state index is 0.122. The number of carbonyl (C=O) groups excluding carboxylic acids is 2. The van der Waals surface area contributed by atoms with Gasteiger partial charge in [0.2, 0.25) is 0 Å². The van der Waals surface area contributed by atoms with Gasteiger partial charge in [0.15, 0.2) is 0 Å². The predicted molar refractivity (Wildman–Crippen MR) is 211 cm³/mol. The van der Waals surface area contributed by atoms with Gasteiger partial charge in [-0.25, -0.2) is 19.6 Å². The van der Waals surface area contributed by atoms with E-state index >= 15 is 0 Å². The quantitative estimate of drug-likeness (QED) is 0.0795. The maximum absolute atomic E-state index is 14.2. The van der Waals surface area contributed by atoms with Crippen molar-refractivity contribution in [3.8, 4) is 11.5 Å². The van der Waals surface area contributed by atoms with Crippen LogP contribution in [0.4, 0.5) is 38.3 Å². The van der Waals surface area contributed by atoms with E-state index in [1.807, 2.05) is 45.0 Å². The average Bonchev–Trinajstić information content (AvgIpc) is 3.08. The Morgan fingerprint density at radius 3 is 2.27 bits per heavy atom. The monoisotopic (exact) mass is 773 g/mol. The van der Waals surface area contributed by atoms with Crippen molar-refractivity contribution in [1.82, 2.24) is 14.9 Å². The molecule has 1 aliphatic rings. The number of benzene rings is 2. The summed E-state index contributed by atoms with van der Waals surface area (Å²) in [4.78, 5) is 39.8. The molecule has 282 valence electrons. The molecule has 13 nitrogen and oxygen atoms in total. The number of nitrogens with one attached hydrogen (secondary N) is 1. The van der Waals surface area contributed by atoms with E-state index in [1.165, 1.54) is 30.3 Å². The molecule has 52 heavy (non-hydrogen) atoms. The number of halogens is 2. The topological polar surface area (TPSA) is 145 Å². The van der Waals surface area contributed by atoms with Gasteiger partial charge >= 0.3 is 12.1 Å². The molecule has 1 aromatic heterocycles. The van der Waals surface area contributed by atoms with E-state index in [0.29, 0.717) is 43.3 Å². The van der Waals surface area contributed by atoms with E-state index in [4.69, 9.17) is 47.9 Å². The number of carbonyl (C=O) groups is 2. The van der Waals surface area contributed by atoms with Gasteiger partial charge in [-0.1, -0.05) is 55.0 Å². The molecule has 1 aliphatic heterocycles. The van der Waals surface area contributed by atoms with Crippen LogP contribution in [0, 0.1) is 0 Å². The molecule has 0 spiro atoms. The van der Waals surface area contributed by atoms with Crippen LogP contribution in [-0.4, -0.2) is 88.4 Å². The number of anilines is 5. The molecule has 0 fully saturated rings. The summed E-state index contributed by atoms with van der Waals surface area (Å²) in [6.07, 6.45) is 3.70. The Kier molecular flexibility index (Phi) is 13.3. The first kappa shape index (κ1) is 40.5. The Morgan fingerprint density at radius 2 is 1.71 bits per heavy atom. The molecule has 0 radical (unpaired) electrons. The lowest BCUT2D eigenvalue weighted by Crippen LogP contribution is -2.43. The number of nitrogen functional groups attached to an aromatic ring is 1. The van der Waals surface area contributed by atoms with Gasteiger partial charge in [0.25, 0.3) is 0 Å². The highest BCUT2D eigenvalue weighted by atomic mass is 35.5. The normalized spacial score (nSPS) is 13.3. The molecule has 0 atom stereocenters. The van der Waals surface area contributed by atoms with Gasteiger partial charge in [0, 0.05) is 47.0 Å². The number of hydrogen-bond acceptors (Lipinski definition) is 10. The third kappa shape index (κ3) is 10.4. The lowest BCUT2D eigenvalue weighted by molar-refractivity contribution is 0.0270. The summed E-state index contributed by atoms with van der Waals surface area (Å²) in [5.74, 6) is 1.25. The van der Waals surface area contributed by atoms with E-state index in [1.54, 1.807) is 24.1 Å². The second-order valence-electron chi connectivity index (χ2n) is 14.5. The molecule has 0 bridgehead atoms. The molecule has 0 unspecified atom stereocenters. The van der Waals surface area contributed by atoms with Crippen molar-refractivity contribution >= 4 is 77.7 Å². The number of nitrogens with zero attached hydrogens (tertiary/aromatic N) is 5. The second kappa shape index (κ2) is 17.1. The largest absolute Gasteiger partial charge is 0.495 e. The zero-order chi connectivity index (χ0) is 38.4. The van der Waals surface area contributed by atoms with Gasteiger partial charge in [0.1, 0.15) is 51.8 Å². The number of urea groups is 1. The van der Waals surface area contributed by atoms with Crippen molar-refractivity contribution in [3.05, 3.63) is 58.3 Å². The molecule has 16 heteroatoms. The van der Waals surface area contributed by atoms with E-state index in [9.17, 15) is 9.59 Å². The number of amides is 3. The summed E-state index contributed by atoms with van der Waals surface area (Å²) in [7, 11) is 3.09. The Balaban J connectivity index is 1.54. The zero-order valence-corrected chi connectivity index (χ0v) is 33.8. The van der Waals surface area contributed by atoms with Crippen LogP contribution in [0.5, 0.6) is 11.5 Å². The molecule has 0 saturated heterocycles. The van der Waals surface area contributed by atoms with Crippen molar-refractivity contribution in [2.75, 3.05) is 68.5 Å². The second-order valence-corrected chi connectivity index (χ2v) is 20.8. The molecular weight excluding hydrogens is 725 g/mol. The first-order valence-corrected chi connectivity index (χ1v) is 21.3. The van der Waals surface area contributed by atoms with Gasteiger partial charge in [-0.2, -0.15) is 0 Å². The Bertz CT molecular complexity index is 1770. The fraction of sp³-hybridized carbons (Fsp3) is 0.444. The minimum Gasteiger partial charge on any atom is -0.495 e. The summed E-state index contributed by atoms with van der Waals surface area (Å²) in [6, 6.07) is 9.25. The third-order valence-electron chi connectivity index (χ3n) is 8.10. The van der Waals surface area contributed by atoms with E-state index in [2.05, 4.69) is 34.9 Å². The molecule has 3 aromatic rings. The minimum atomic E-state index is -1.41. The molecule has 0 saturated carbocycles. The van der Waals surface area contributed by atoms with Crippen molar-refractivity contribution in [3.63, 3.8) is 0 Å². The lowest BCUT2D eigenvalue weighted by atomic mass is 9.98. The molecule has 3 N–H and O–H groups in total. The first-order valence-electron chi connectivity index (χ1n) is 16.8. The van der Waals surface area contributed by atoms with Crippen LogP contribution in [0.2, 0.25) is 35.7 Å². The van der Waals surface area contributed by atoms with Crippen LogP contribution in [0.25, 0.3) is 5.57 Å². The van der Waals surface area contributed by atoms with Crippen molar-refractivity contribution in [2.45, 2.75) is 58.5 Å². The van der Waals surface area contributed by atoms with Crippen LogP contribution >= 0.6 is 23.2 Å². The number of rotatable bonds is 12. The van der Waals surface area contributed by atoms with Crippen LogP contribution in [0.3, 0.4) is 0 Å². The Hall–Kier alpha value is -4.24. The lowest BCUT2D eigenvalue weighted by Gasteiger charge is -2.30. The molecular formula is C36H49Cl2N7O6Si. The SMILES string of the molecule is COc1cc(OC)c(Cl)c(N(COCC[Si](C)(C)C)C(=O)N(C)c2cc(Nc3ccc(C4=CCN(C(=O)OC(C)(C)C)CC4)cc3N)ncn2)c1Cl. The van der Waals surface area contributed by atoms with Gasteiger partial charge in [-0.05, 0) is 56.5 Å². The predicted octanol–water partition coefficient (Wildman–Crippen LogP) is 8.53. The van der Waals surface area contributed by atoms with Gasteiger partial charge in [-0.3, -0.25) is 9.80 Å². The molecule has 0 aliphatic carbocycles. The summed E-state index contributed by atoms with van der Waals surface area (Å²) in [5, 5.41) is 3.48. The highest BCUT2D eigenvalue weighted by Crippen LogP contribution is 2.46. The summed E-state index contributed by atoms with van der Waals surface area (Å²) < 4.78 is 22.4. The molecule has 4 rings (SSSR count). The number of hydrogen-bond donors (Lipinski definition) is 2. The van der Waals surface area contributed by atoms with Crippen LogP contribution in [-0.2, 0) is 9.47 Å².